The number of aromatic nitrogens is 2. The molecule has 0 N–H and O–H groups in total. The molecule has 2 atom stereocenters. The maximum Gasteiger partial charge on any atom is 0.219 e. The highest BCUT2D eigenvalue weighted by Gasteiger charge is 2.35. The van der Waals surface area contributed by atoms with Gasteiger partial charge in [0.05, 0.1) is 12.0 Å². The molecule has 2 saturated heterocycles. The van der Waals surface area contributed by atoms with E-state index in [1.807, 2.05) is 17.4 Å². The van der Waals surface area contributed by atoms with Crippen molar-refractivity contribution in [1.29, 1.82) is 0 Å². The van der Waals surface area contributed by atoms with Crippen LogP contribution in [0, 0.1) is 5.92 Å². The fourth-order valence-electron chi connectivity index (χ4n) is 3.90. The highest BCUT2D eigenvalue weighted by Crippen LogP contribution is 2.30. The third kappa shape index (κ3) is 3.12. The molecule has 0 saturated carbocycles. The number of likely N-dealkylation sites (tertiary alicyclic amines) is 2. The average Bonchev–Trinajstić information content (AvgIpc) is 2.76. The molecule has 2 aliphatic rings. The van der Waals surface area contributed by atoms with Gasteiger partial charge in [0.25, 0.3) is 0 Å². The predicted octanol–water partition coefficient (Wildman–Crippen LogP) is 1.64. The number of nitrogens with zero attached hydrogens (tertiary/aromatic N) is 4. The second-order valence-corrected chi connectivity index (χ2v) is 6.54. The Balaban J connectivity index is 1.72. The summed E-state index contributed by atoms with van der Waals surface area (Å²) in [7, 11) is 2.07. The summed E-state index contributed by atoms with van der Waals surface area (Å²) in [5, 5.41) is 0. The lowest BCUT2D eigenvalue weighted by Crippen LogP contribution is -2.51. The molecule has 116 valence electrons. The summed E-state index contributed by atoms with van der Waals surface area (Å²) in [6, 6.07) is 0.623. The van der Waals surface area contributed by atoms with Crippen LogP contribution in [0.25, 0.3) is 0 Å². The van der Waals surface area contributed by atoms with Crippen molar-refractivity contribution in [2.75, 3.05) is 19.6 Å². The monoisotopic (exact) mass is 290 g/mol. The quantitative estimate of drug-likeness (QED) is 0.831. The molecule has 2 aliphatic heterocycles. The van der Waals surface area contributed by atoms with Gasteiger partial charge in [-0.2, -0.15) is 0 Å². The van der Waals surface area contributed by atoms with Crippen LogP contribution in [0.2, 0.25) is 0 Å². The zero-order chi connectivity index (χ0) is 14.8. The average molecular weight is 290 g/mol. The van der Waals surface area contributed by atoms with E-state index in [0.29, 0.717) is 12.0 Å². The van der Waals surface area contributed by atoms with Gasteiger partial charge in [0.1, 0.15) is 0 Å². The first-order chi connectivity index (χ1) is 10.1. The van der Waals surface area contributed by atoms with Crippen molar-refractivity contribution in [3.8, 4) is 0 Å². The van der Waals surface area contributed by atoms with Gasteiger partial charge in [-0.15, -0.1) is 0 Å². The Kier molecular flexibility index (Phi) is 4.29. The van der Waals surface area contributed by atoms with E-state index in [-0.39, 0.29) is 5.91 Å². The lowest BCUT2D eigenvalue weighted by Gasteiger charge is -2.42. The minimum atomic E-state index is 0.232. The van der Waals surface area contributed by atoms with E-state index in [1.165, 1.54) is 31.5 Å². The SMILES string of the molecule is CC(=O)N1CC[C@@H]2[C@H](CCCCN2Cc2cncn2C)C1. The van der Waals surface area contributed by atoms with E-state index < -0.39 is 0 Å². The molecule has 3 heterocycles. The van der Waals surface area contributed by atoms with Crippen molar-refractivity contribution >= 4 is 5.91 Å². The molecule has 0 spiro atoms. The van der Waals surface area contributed by atoms with E-state index in [4.69, 9.17) is 0 Å². The molecule has 5 nitrogen and oxygen atoms in total. The third-order valence-corrected chi connectivity index (χ3v) is 5.16. The number of fused-ring (bicyclic) bond motifs is 1. The molecule has 1 aromatic rings. The second kappa shape index (κ2) is 6.18. The number of aryl methyl sites for hydroxylation is 1. The lowest BCUT2D eigenvalue weighted by atomic mass is 9.88. The molecule has 0 unspecified atom stereocenters. The zero-order valence-electron chi connectivity index (χ0n) is 13.2. The van der Waals surface area contributed by atoms with Crippen LogP contribution in [0.15, 0.2) is 12.5 Å². The first-order valence-electron chi connectivity index (χ1n) is 8.10. The van der Waals surface area contributed by atoms with Gasteiger partial charge in [-0.1, -0.05) is 6.42 Å². The van der Waals surface area contributed by atoms with E-state index in [9.17, 15) is 4.79 Å². The summed E-state index contributed by atoms with van der Waals surface area (Å²) in [4.78, 5) is 20.5. The number of amides is 1. The number of rotatable bonds is 2. The molecular weight excluding hydrogens is 264 g/mol. The molecular formula is C16H26N4O. The highest BCUT2D eigenvalue weighted by molar-refractivity contribution is 5.73. The molecule has 0 aliphatic carbocycles. The summed E-state index contributed by atoms with van der Waals surface area (Å²) >= 11 is 0. The summed E-state index contributed by atoms with van der Waals surface area (Å²) in [5.74, 6) is 0.870. The summed E-state index contributed by atoms with van der Waals surface area (Å²) in [6.07, 6.45) is 8.78. The maximum atomic E-state index is 11.6. The Morgan fingerprint density at radius 3 is 2.90 bits per heavy atom. The van der Waals surface area contributed by atoms with Gasteiger partial charge in [0.2, 0.25) is 5.91 Å². The van der Waals surface area contributed by atoms with E-state index in [1.54, 1.807) is 6.92 Å². The minimum absolute atomic E-state index is 0.232. The number of carbonyl (C=O) groups excluding carboxylic acids is 1. The number of piperidine rings is 1. The van der Waals surface area contributed by atoms with Crippen LogP contribution in [0.1, 0.15) is 38.3 Å². The normalized spacial score (nSPS) is 27.2. The van der Waals surface area contributed by atoms with Crippen molar-refractivity contribution in [3.05, 3.63) is 18.2 Å². The molecule has 3 rings (SSSR count). The van der Waals surface area contributed by atoms with Crippen LogP contribution < -0.4 is 0 Å². The van der Waals surface area contributed by atoms with Crippen LogP contribution in [0.3, 0.4) is 0 Å². The van der Waals surface area contributed by atoms with Crippen molar-refractivity contribution in [3.63, 3.8) is 0 Å². The van der Waals surface area contributed by atoms with Gasteiger partial charge in [0, 0.05) is 45.8 Å². The van der Waals surface area contributed by atoms with Crippen molar-refractivity contribution in [1.82, 2.24) is 19.4 Å². The van der Waals surface area contributed by atoms with Crippen LogP contribution in [-0.2, 0) is 18.4 Å². The topological polar surface area (TPSA) is 41.4 Å². The van der Waals surface area contributed by atoms with Crippen LogP contribution in [0.5, 0.6) is 0 Å². The molecule has 0 bridgehead atoms. The molecule has 1 amide bonds. The van der Waals surface area contributed by atoms with E-state index in [0.717, 1.165) is 26.1 Å². The van der Waals surface area contributed by atoms with Gasteiger partial charge in [0.15, 0.2) is 0 Å². The minimum Gasteiger partial charge on any atom is -0.343 e. The molecule has 0 aromatic carbocycles. The first-order valence-corrected chi connectivity index (χ1v) is 8.10. The summed E-state index contributed by atoms with van der Waals surface area (Å²) < 4.78 is 2.12. The number of imidazole rings is 1. The Morgan fingerprint density at radius 2 is 2.19 bits per heavy atom. The maximum absolute atomic E-state index is 11.6. The van der Waals surface area contributed by atoms with Crippen molar-refractivity contribution in [2.45, 2.75) is 45.2 Å². The highest BCUT2D eigenvalue weighted by atomic mass is 16.2. The van der Waals surface area contributed by atoms with Crippen LogP contribution in [0.4, 0.5) is 0 Å². The fraction of sp³-hybridized carbons (Fsp3) is 0.750. The van der Waals surface area contributed by atoms with Crippen LogP contribution in [-0.4, -0.2) is 50.9 Å². The van der Waals surface area contributed by atoms with Gasteiger partial charge in [-0.3, -0.25) is 9.69 Å². The third-order valence-electron chi connectivity index (χ3n) is 5.16. The van der Waals surface area contributed by atoms with Gasteiger partial charge >= 0.3 is 0 Å². The van der Waals surface area contributed by atoms with Crippen molar-refractivity contribution < 1.29 is 4.79 Å². The molecule has 21 heavy (non-hydrogen) atoms. The van der Waals surface area contributed by atoms with E-state index >= 15 is 0 Å². The van der Waals surface area contributed by atoms with Gasteiger partial charge in [-0.25, -0.2) is 4.98 Å². The lowest BCUT2D eigenvalue weighted by molar-refractivity contribution is -0.131. The Labute approximate surface area is 126 Å². The summed E-state index contributed by atoms with van der Waals surface area (Å²) in [5.41, 5.74) is 1.28. The zero-order valence-corrected chi connectivity index (χ0v) is 13.2. The van der Waals surface area contributed by atoms with Crippen LogP contribution >= 0.6 is 0 Å². The van der Waals surface area contributed by atoms with Crippen molar-refractivity contribution in [2.24, 2.45) is 13.0 Å². The van der Waals surface area contributed by atoms with E-state index in [2.05, 4.69) is 21.5 Å². The standard InChI is InChI=1S/C16H26N4O/c1-13(21)19-8-6-16-14(10-19)5-3-4-7-20(16)11-15-9-17-12-18(15)2/h9,12,14,16H,3-8,10-11H2,1-2H3/t14-,16-/m1/s1. The molecule has 5 heteroatoms. The number of carbonyl (C=O) groups is 1. The Bertz CT molecular complexity index is 498. The summed E-state index contributed by atoms with van der Waals surface area (Å²) in [6.45, 7) is 5.72. The predicted molar refractivity (Wildman–Crippen MR) is 81.6 cm³/mol. The first kappa shape index (κ1) is 14.6. The second-order valence-electron chi connectivity index (χ2n) is 6.54. The molecule has 2 fully saturated rings. The largest absolute Gasteiger partial charge is 0.343 e. The van der Waals surface area contributed by atoms with Gasteiger partial charge < -0.3 is 9.47 Å². The Morgan fingerprint density at radius 1 is 1.33 bits per heavy atom. The van der Waals surface area contributed by atoms with Gasteiger partial charge in [-0.05, 0) is 31.7 Å². The smallest absolute Gasteiger partial charge is 0.219 e. The molecule has 0 radical (unpaired) electrons. The number of hydrogen-bond donors (Lipinski definition) is 0. The number of hydrogen-bond acceptors (Lipinski definition) is 3. The fourth-order valence-corrected chi connectivity index (χ4v) is 3.90. The Hall–Kier alpha value is -1.36. The molecule has 1 aromatic heterocycles.